The third-order valence-electron chi connectivity index (χ3n) is 2.98. The third-order valence-corrected chi connectivity index (χ3v) is 2.98. The quantitative estimate of drug-likeness (QED) is 0.817. The van der Waals surface area contributed by atoms with E-state index in [-0.39, 0.29) is 6.10 Å². The molecule has 2 unspecified atom stereocenters. The molecule has 90 valence electrons. The number of rotatable bonds is 5. The number of likely N-dealkylation sites (N-methyl/N-ethyl adjacent to an activating group) is 1. The zero-order chi connectivity index (χ0) is 11.4. The van der Waals surface area contributed by atoms with E-state index in [9.17, 15) is 0 Å². The van der Waals surface area contributed by atoms with Crippen molar-refractivity contribution in [2.75, 3.05) is 20.1 Å². The molecule has 0 saturated carbocycles. The second kappa shape index (κ2) is 5.48. The van der Waals surface area contributed by atoms with Crippen molar-refractivity contribution in [1.82, 2.24) is 4.90 Å². The van der Waals surface area contributed by atoms with Crippen LogP contribution in [0.15, 0.2) is 22.8 Å². The minimum atomic E-state index is 0.266. The molecular formula is C12H20N2O2. The van der Waals surface area contributed by atoms with Gasteiger partial charge in [-0.2, -0.15) is 0 Å². The van der Waals surface area contributed by atoms with Gasteiger partial charge in [-0.05, 0) is 32.0 Å². The molecule has 1 saturated heterocycles. The Hall–Kier alpha value is -0.840. The van der Waals surface area contributed by atoms with Gasteiger partial charge in [0.2, 0.25) is 0 Å². The first-order valence-corrected chi connectivity index (χ1v) is 5.84. The molecule has 1 aromatic rings. The standard InChI is InChI=1S/C12H20N2O2/c1-14(8-11-3-2-6-15-11)9-12-5-4-10(7-13)16-12/h2-3,6,10,12H,4-5,7-9,13H2,1H3. The summed E-state index contributed by atoms with van der Waals surface area (Å²) in [7, 11) is 2.08. The van der Waals surface area contributed by atoms with Gasteiger partial charge in [-0.25, -0.2) is 0 Å². The van der Waals surface area contributed by atoms with Gasteiger partial charge in [-0.15, -0.1) is 0 Å². The van der Waals surface area contributed by atoms with Crippen LogP contribution in [-0.4, -0.2) is 37.2 Å². The van der Waals surface area contributed by atoms with Crippen molar-refractivity contribution in [3.8, 4) is 0 Å². The molecule has 0 aliphatic carbocycles. The zero-order valence-corrected chi connectivity index (χ0v) is 9.76. The number of nitrogens with two attached hydrogens (primary N) is 1. The third kappa shape index (κ3) is 3.07. The summed E-state index contributed by atoms with van der Waals surface area (Å²) in [6.45, 7) is 2.41. The summed E-state index contributed by atoms with van der Waals surface area (Å²) >= 11 is 0. The summed E-state index contributed by atoms with van der Waals surface area (Å²) < 4.78 is 11.1. The van der Waals surface area contributed by atoms with Gasteiger partial charge in [0.05, 0.1) is 25.0 Å². The first-order valence-electron chi connectivity index (χ1n) is 5.84. The van der Waals surface area contributed by atoms with Crippen molar-refractivity contribution in [2.45, 2.75) is 31.6 Å². The van der Waals surface area contributed by atoms with Crippen LogP contribution in [0.1, 0.15) is 18.6 Å². The smallest absolute Gasteiger partial charge is 0.117 e. The van der Waals surface area contributed by atoms with Crippen LogP contribution in [0.5, 0.6) is 0 Å². The largest absolute Gasteiger partial charge is 0.468 e. The molecular weight excluding hydrogens is 204 g/mol. The van der Waals surface area contributed by atoms with E-state index in [0.29, 0.717) is 12.6 Å². The number of hydrogen-bond acceptors (Lipinski definition) is 4. The Bertz CT molecular complexity index is 300. The van der Waals surface area contributed by atoms with Crippen LogP contribution in [-0.2, 0) is 11.3 Å². The van der Waals surface area contributed by atoms with Gasteiger partial charge in [0.1, 0.15) is 5.76 Å². The highest BCUT2D eigenvalue weighted by Crippen LogP contribution is 2.19. The summed E-state index contributed by atoms with van der Waals surface area (Å²) in [6, 6.07) is 3.91. The summed E-state index contributed by atoms with van der Waals surface area (Å²) in [5.74, 6) is 0.996. The molecule has 0 spiro atoms. The van der Waals surface area contributed by atoms with Gasteiger partial charge >= 0.3 is 0 Å². The van der Waals surface area contributed by atoms with E-state index in [2.05, 4.69) is 11.9 Å². The van der Waals surface area contributed by atoms with Crippen molar-refractivity contribution in [1.29, 1.82) is 0 Å². The fourth-order valence-electron chi connectivity index (χ4n) is 2.17. The van der Waals surface area contributed by atoms with Gasteiger partial charge in [-0.1, -0.05) is 0 Å². The van der Waals surface area contributed by atoms with E-state index in [1.807, 2.05) is 12.1 Å². The molecule has 1 aliphatic rings. The van der Waals surface area contributed by atoms with E-state index in [1.165, 1.54) is 0 Å². The molecule has 0 bridgehead atoms. The van der Waals surface area contributed by atoms with Crippen LogP contribution in [0, 0.1) is 0 Å². The van der Waals surface area contributed by atoms with E-state index in [0.717, 1.165) is 31.7 Å². The van der Waals surface area contributed by atoms with Gasteiger partial charge in [0.15, 0.2) is 0 Å². The first-order chi connectivity index (χ1) is 7.78. The van der Waals surface area contributed by atoms with Crippen LogP contribution in [0.4, 0.5) is 0 Å². The SMILES string of the molecule is CN(Cc1ccco1)CC1CCC(CN)O1. The minimum Gasteiger partial charge on any atom is -0.468 e. The topological polar surface area (TPSA) is 51.6 Å². The maximum Gasteiger partial charge on any atom is 0.117 e. The first kappa shape index (κ1) is 11.6. The number of nitrogens with zero attached hydrogens (tertiary/aromatic N) is 1. The van der Waals surface area contributed by atoms with Crippen LogP contribution in [0.3, 0.4) is 0 Å². The van der Waals surface area contributed by atoms with E-state index < -0.39 is 0 Å². The maximum absolute atomic E-state index is 5.80. The Morgan fingerprint density at radius 1 is 1.44 bits per heavy atom. The highest BCUT2D eigenvalue weighted by Gasteiger charge is 2.25. The normalized spacial score (nSPS) is 25.4. The summed E-state index contributed by atoms with van der Waals surface area (Å²) in [5, 5.41) is 0. The lowest BCUT2D eigenvalue weighted by Crippen LogP contribution is -2.30. The molecule has 1 fully saturated rings. The molecule has 4 nitrogen and oxygen atoms in total. The predicted octanol–water partition coefficient (Wildman–Crippen LogP) is 1.22. The summed E-state index contributed by atoms with van der Waals surface area (Å²) in [6.07, 6.45) is 4.51. The minimum absolute atomic E-state index is 0.266. The van der Waals surface area contributed by atoms with E-state index in [4.69, 9.17) is 14.9 Å². The van der Waals surface area contributed by atoms with Crippen LogP contribution < -0.4 is 5.73 Å². The van der Waals surface area contributed by atoms with Gasteiger partial charge in [0, 0.05) is 13.1 Å². The fourth-order valence-corrected chi connectivity index (χ4v) is 2.17. The molecule has 2 atom stereocenters. The van der Waals surface area contributed by atoms with Crippen molar-refractivity contribution < 1.29 is 9.15 Å². The Morgan fingerprint density at radius 2 is 2.25 bits per heavy atom. The average Bonchev–Trinajstić information content (AvgIpc) is 2.89. The van der Waals surface area contributed by atoms with Crippen LogP contribution in [0.2, 0.25) is 0 Å². The van der Waals surface area contributed by atoms with Crippen molar-refractivity contribution >= 4 is 0 Å². The lowest BCUT2D eigenvalue weighted by atomic mass is 10.2. The summed E-state index contributed by atoms with van der Waals surface area (Å²) in [4.78, 5) is 2.22. The second-order valence-corrected chi connectivity index (χ2v) is 4.47. The molecule has 0 amide bonds. The Balaban J connectivity index is 1.73. The Kier molecular flexibility index (Phi) is 3.98. The number of hydrogen-bond donors (Lipinski definition) is 1. The molecule has 1 aliphatic heterocycles. The highest BCUT2D eigenvalue weighted by atomic mass is 16.5. The Labute approximate surface area is 96.4 Å². The second-order valence-electron chi connectivity index (χ2n) is 4.47. The molecule has 4 heteroatoms. The molecule has 2 heterocycles. The lowest BCUT2D eigenvalue weighted by molar-refractivity contribution is 0.0296. The molecule has 2 rings (SSSR count). The predicted molar refractivity (Wildman–Crippen MR) is 62.0 cm³/mol. The highest BCUT2D eigenvalue weighted by molar-refractivity contribution is 4.97. The molecule has 0 aromatic carbocycles. The van der Waals surface area contributed by atoms with Gasteiger partial charge in [0.25, 0.3) is 0 Å². The molecule has 1 aromatic heterocycles. The van der Waals surface area contributed by atoms with Crippen molar-refractivity contribution in [3.63, 3.8) is 0 Å². The maximum atomic E-state index is 5.80. The van der Waals surface area contributed by atoms with E-state index >= 15 is 0 Å². The van der Waals surface area contributed by atoms with Crippen molar-refractivity contribution in [2.24, 2.45) is 5.73 Å². The van der Waals surface area contributed by atoms with Gasteiger partial charge < -0.3 is 14.9 Å². The zero-order valence-electron chi connectivity index (χ0n) is 9.76. The van der Waals surface area contributed by atoms with Crippen molar-refractivity contribution in [3.05, 3.63) is 24.2 Å². The summed E-state index contributed by atoms with van der Waals surface area (Å²) in [5.41, 5.74) is 5.58. The number of furan rings is 1. The number of ether oxygens (including phenoxy) is 1. The molecule has 16 heavy (non-hydrogen) atoms. The van der Waals surface area contributed by atoms with E-state index in [1.54, 1.807) is 6.26 Å². The molecule has 2 N–H and O–H groups in total. The monoisotopic (exact) mass is 224 g/mol. The fraction of sp³-hybridized carbons (Fsp3) is 0.667. The molecule has 0 radical (unpaired) electrons. The van der Waals surface area contributed by atoms with Crippen LogP contribution in [0.25, 0.3) is 0 Å². The Morgan fingerprint density at radius 3 is 2.88 bits per heavy atom. The van der Waals surface area contributed by atoms with Gasteiger partial charge in [-0.3, -0.25) is 4.90 Å². The average molecular weight is 224 g/mol. The van der Waals surface area contributed by atoms with Crippen LogP contribution >= 0.6 is 0 Å². The lowest BCUT2D eigenvalue weighted by Gasteiger charge is -2.20.